The predicted octanol–water partition coefficient (Wildman–Crippen LogP) is 2.57. The smallest absolute Gasteiger partial charge is 0.187 e. The summed E-state index contributed by atoms with van der Waals surface area (Å²) in [6, 6.07) is 12.8. The first-order valence-electron chi connectivity index (χ1n) is 6.18. The van der Waals surface area contributed by atoms with Gasteiger partial charge in [-0.15, -0.1) is 5.10 Å². The molecule has 0 bridgehead atoms. The molecular weight excluding hydrogens is 290 g/mol. The third-order valence-corrected chi connectivity index (χ3v) is 3.38. The van der Waals surface area contributed by atoms with Crippen LogP contribution in [0.4, 0.5) is 5.69 Å². The van der Waals surface area contributed by atoms with Gasteiger partial charge in [0.2, 0.25) is 0 Å². The van der Waals surface area contributed by atoms with Crippen molar-refractivity contribution >= 4 is 17.3 Å². The first-order chi connectivity index (χ1) is 10.2. The van der Waals surface area contributed by atoms with Crippen molar-refractivity contribution < 1.29 is 4.74 Å². The van der Waals surface area contributed by atoms with Crippen molar-refractivity contribution in [3.8, 4) is 22.8 Å². The highest BCUT2D eigenvalue weighted by Gasteiger charge is 2.14. The molecule has 0 aliphatic heterocycles. The van der Waals surface area contributed by atoms with Gasteiger partial charge in [0, 0.05) is 5.56 Å². The summed E-state index contributed by atoms with van der Waals surface area (Å²) in [6.45, 7) is 0. The zero-order valence-corrected chi connectivity index (χ0v) is 11.9. The van der Waals surface area contributed by atoms with Gasteiger partial charge in [0.25, 0.3) is 0 Å². The van der Waals surface area contributed by atoms with Crippen LogP contribution in [0.15, 0.2) is 42.5 Å². The first-order valence-corrected chi connectivity index (χ1v) is 6.55. The fraction of sp³-hybridized carbons (Fsp3) is 0.0714. The standard InChI is InChI=1S/C14H12ClN5O/c1-21-13-5-3-2-4-12(13)20-14(17-18-19-20)9-6-7-10(15)11(16)8-9/h2-8H,16H2,1H3. The molecule has 21 heavy (non-hydrogen) atoms. The summed E-state index contributed by atoms with van der Waals surface area (Å²) in [5.41, 5.74) is 7.83. The molecule has 3 aromatic rings. The van der Waals surface area contributed by atoms with E-state index < -0.39 is 0 Å². The van der Waals surface area contributed by atoms with Crippen molar-refractivity contribution in [1.82, 2.24) is 20.2 Å². The summed E-state index contributed by atoms with van der Waals surface area (Å²) in [4.78, 5) is 0. The van der Waals surface area contributed by atoms with Crippen molar-refractivity contribution in [1.29, 1.82) is 0 Å². The van der Waals surface area contributed by atoms with Crippen LogP contribution in [0.3, 0.4) is 0 Å². The number of ether oxygens (including phenoxy) is 1. The second-order valence-corrected chi connectivity index (χ2v) is 4.73. The Hall–Kier alpha value is -2.60. The summed E-state index contributed by atoms with van der Waals surface area (Å²) in [5.74, 6) is 1.23. The van der Waals surface area contributed by atoms with Crippen molar-refractivity contribution in [2.24, 2.45) is 0 Å². The van der Waals surface area contributed by atoms with E-state index in [1.54, 1.807) is 23.9 Å². The second-order valence-electron chi connectivity index (χ2n) is 4.32. The van der Waals surface area contributed by atoms with Gasteiger partial charge < -0.3 is 10.5 Å². The van der Waals surface area contributed by atoms with Gasteiger partial charge in [0.1, 0.15) is 11.4 Å². The first kappa shape index (κ1) is 13.4. The Morgan fingerprint density at radius 1 is 1.19 bits per heavy atom. The molecule has 7 heteroatoms. The summed E-state index contributed by atoms with van der Waals surface area (Å²) in [7, 11) is 1.60. The Morgan fingerprint density at radius 3 is 2.76 bits per heavy atom. The lowest BCUT2D eigenvalue weighted by molar-refractivity contribution is 0.411. The average molecular weight is 302 g/mol. The van der Waals surface area contributed by atoms with E-state index >= 15 is 0 Å². The largest absolute Gasteiger partial charge is 0.494 e. The normalized spacial score (nSPS) is 10.6. The Morgan fingerprint density at radius 2 is 2.00 bits per heavy atom. The van der Waals surface area contributed by atoms with Crippen LogP contribution < -0.4 is 10.5 Å². The van der Waals surface area contributed by atoms with E-state index in [2.05, 4.69) is 15.5 Å². The van der Waals surface area contributed by atoms with Gasteiger partial charge in [0.15, 0.2) is 5.82 Å². The minimum absolute atomic E-state index is 0.476. The Bertz CT molecular complexity index is 787. The number of hydrogen-bond donors (Lipinski definition) is 1. The number of anilines is 1. The molecule has 0 spiro atoms. The lowest BCUT2D eigenvalue weighted by Gasteiger charge is -2.09. The number of nitrogen functional groups attached to an aromatic ring is 1. The topological polar surface area (TPSA) is 78.8 Å². The van der Waals surface area contributed by atoms with E-state index in [9.17, 15) is 0 Å². The maximum absolute atomic E-state index is 5.94. The number of halogens is 1. The monoisotopic (exact) mass is 301 g/mol. The molecule has 0 fully saturated rings. The molecule has 2 N–H and O–H groups in total. The Labute approximate surface area is 126 Å². The highest BCUT2D eigenvalue weighted by atomic mass is 35.5. The summed E-state index contributed by atoms with van der Waals surface area (Å²) < 4.78 is 6.94. The van der Waals surface area contributed by atoms with E-state index in [1.165, 1.54) is 0 Å². The number of para-hydroxylation sites is 2. The zero-order chi connectivity index (χ0) is 14.8. The third kappa shape index (κ3) is 2.41. The molecule has 3 rings (SSSR count). The van der Waals surface area contributed by atoms with Crippen molar-refractivity contribution in [3.05, 3.63) is 47.5 Å². The third-order valence-electron chi connectivity index (χ3n) is 3.04. The van der Waals surface area contributed by atoms with E-state index in [0.29, 0.717) is 22.3 Å². The molecule has 0 saturated carbocycles. The average Bonchev–Trinajstić information content (AvgIpc) is 2.99. The van der Waals surface area contributed by atoms with Gasteiger partial charge in [0.05, 0.1) is 17.8 Å². The quantitative estimate of drug-likeness (QED) is 0.752. The SMILES string of the molecule is COc1ccccc1-n1nnnc1-c1ccc(Cl)c(N)c1. The van der Waals surface area contributed by atoms with E-state index in [0.717, 1.165) is 11.3 Å². The molecule has 0 amide bonds. The molecule has 0 aliphatic carbocycles. The van der Waals surface area contributed by atoms with Crippen LogP contribution in [-0.4, -0.2) is 27.3 Å². The molecule has 0 atom stereocenters. The van der Waals surface area contributed by atoms with E-state index in [4.69, 9.17) is 22.1 Å². The predicted molar refractivity (Wildman–Crippen MR) is 80.6 cm³/mol. The lowest BCUT2D eigenvalue weighted by atomic mass is 10.2. The summed E-state index contributed by atoms with van der Waals surface area (Å²) in [6.07, 6.45) is 0. The Balaban J connectivity index is 2.15. The summed E-state index contributed by atoms with van der Waals surface area (Å²) >= 11 is 5.94. The van der Waals surface area contributed by atoms with Gasteiger partial charge in [-0.3, -0.25) is 0 Å². The number of tetrazole rings is 1. The highest BCUT2D eigenvalue weighted by Crippen LogP contribution is 2.29. The second kappa shape index (κ2) is 5.41. The van der Waals surface area contributed by atoms with Gasteiger partial charge in [-0.2, -0.15) is 4.68 Å². The van der Waals surface area contributed by atoms with Crippen molar-refractivity contribution in [2.45, 2.75) is 0 Å². The van der Waals surface area contributed by atoms with Crippen LogP contribution in [0.25, 0.3) is 17.1 Å². The van der Waals surface area contributed by atoms with Crippen LogP contribution in [0, 0.1) is 0 Å². The molecule has 1 heterocycles. The Kier molecular flexibility index (Phi) is 3.45. The number of rotatable bonds is 3. The maximum Gasteiger partial charge on any atom is 0.187 e. The molecule has 2 aromatic carbocycles. The van der Waals surface area contributed by atoms with Gasteiger partial charge in [-0.1, -0.05) is 23.7 Å². The van der Waals surface area contributed by atoms with Crippen LogP contribution in [0.2, 0.25) is 5.02 Å². The van der Waals surface area contributed by atoms with Gasteiger partial charge >= 0.3 is 0 Å². The zero-order valence-electron chi connectivity index (χ0n) is 11.2. The van der Waals surface area contributed by atoms with Crippen LogP contribution >= 0.6 is 11.6 Å². The van der Waals surface area contributed by atoms with Crippen LogP contribution in [-0.2, 0) is 0 Å². The summed E-state index contributed by atoms with van der Waals surface area (Å²) in [5, 5.41) is 12.3. The van der Waals surface area contributed by atoms with Crippen molar-refractivity contribution in [3.63, 3.8) is 0 Å². The number of hydrogen-bond acceptors (Lipinski definition) is 5. The molecule has 0 saturated heterocycles. The number of aromatic nitrogens is 4. The highest BCUT2D eigenvalue weighted by molar-refractivity contribution is 6.33. The van der Waals surface area contributed by atoms with Gasteiger partial charge in [-0.05, 0) is 40.8 Å². The number of nitrogens with two attached hydrogens (primary N) is 1. The van der Waals surface area contributed by atoms with Crippen LogP contribution in [0.5, 0.6) is 5.75 Å². The molecule has 0 aliphatic rings. The fourth-order valence-corrected chi connectivity index (χ4v) is 2.13. The number of methoxy groups -OCH3 is 1. The van der Waals surface area contributed by atoms with E-state index in [1.807, 2.05) is 30.3 Å². The van der Waals surface area contributed by atoms with E-state index in [-0.39, 0.29) is 0 Å². The molecular formula is C14H12ClN5O. The number of benzene rings is 2. The molecule has 1 aromatic heterocycles. The number of nitrogens with zero attached hydrogens (tertiary/aromatic N) is 4. The minimum Gasteiger partial charge on any atom is -0.494 e. The molecule has 6 nitrogen and oxygen atoms in total. The minimum atomic E-state index is 0.476. The lowest BCUT2D eigenvalue weighted by Crippen LogP contribution is -2.02. The molecule has 106 valence electrons. The van der Waals surface area contributed by atoms with Crippen LogP contribution in [0.1, 0.15) is 0 Å². The fourth-order valence-electron chi connectivity index (χ4n) is 2.02. The van der Waals surface area contributed by atoms with Gasteiger partial charge in [-0.25, -0.2) is 0 Å². The molecule has 0 unspecified atom stereocenters. The van der Waals surface area contributed by atoms with Crippen molar-refractivity contribution in [2.75, 3.05) is 12.8 Å². The molecule has 0 radical (unpaired) electrons. The maximum atomic E-state index is 5.94.